The summed E-state index contributed by atoms with van der Waals surface area (Å²) < 4.78 is 0. The zero-order valence-corrected chi connectivity index (χ0v) is 5.31. The van der Waals surface area contributed by atoms with Gasteiger partial charge in [-0.2, -0.15) is 0 Å². The maximum Gasteiger partial charge on any atom is 0.00399 e. The molecule has 1 heterocycles. The van der Waals surface area contributed by atoms with Crippen molar-refractivity contribution in [2.75, 3.05) is 0 Å². The van der Waals surface area contributed by atoms with Crippen molar-refractivity contribution < 1.29 is 0 Å². The molecular weight excluding hydrogens is 98.1 g/mol. The predicted octanol–water partition coefficient (Wildman–Crippen LogP) is 2.14. The standard InChI is InChI=1S/C7H11N/c1-6(2)7-3-4-8-5-7/h3-6,8H,1-2H3. The van der Waals surface area contributed by atoms with Crippen molar-refractivity contribution in [1.29, 1.82) is 0 Å². The van der Waals surface area contributed by atoms with E-state index in [1.165, 1.54) is 5.56 Å². The Labute approximate surface area is 49.7 Å². The van der Waals surface area contributed by atoms with Crippen LogP contribution in [0.2, 0.25) is 0 Å². The van der Waals surface area contributed by atoms with E-state index in [1.807, 2.05) is 12.4 Å². The molecule has 0 aliphatic rings. The number of hydrogen-bond donors (Lipinski definition) is 1. The molecule has 44 valence electrons. The molecule has 0 spiro atoms. The van der Waals surface area contributed by atoms with Crippen LogP contribution in [0.4, 0.5) is 0 Å². The third kappa shape index (κ3) is 0.915. The number of H-pyrrole nitrogens is 1. The minimum Gasteiger partial charge on any atom is -0.367 e. The number of aromatic amines is 1. The van der Waals surface area contributed by atoms with Crippen molar-refractivity contribution >= 4 is 0 Å². The first-order valence-corrected chi connectivity index (χ1v) is 2.93. The molecule has 1 aromatic heterocycles. The molecule has 0 aromatic carbocycles. The van der Waals surface area contributed by atoms with Crippen LogP contribution >= 0.6 is 0 Å². The second-order valence-electron chi connectivity index (χ2n) is 2.30. The van der Waals surface area contributed by atoms with Gasteiger partial charge in [0.15, 0.2) is 0 Å². The van der Waals surface area contributed by atoms with E-state index in [0.29, 0.717) is 5.92 Å². The van der Waals surface area contributed by atoms with Crippen LogP contribution in [0.15, 0.2) is 18.5 Å². The molecule has 8 heavy (non-hydrogen) atoms. The first-order chi connectivity index (χ1) is 3.80. The Hall–Kier alpha value is -0.720. The van der Waals surface area contributed by atoms with Gasteiger partial charge in [0, 0.05) is 12.4 Å². The van der Waals surface area contributed by atoms with Crippen molar-refractivity contribution in [1.82, 2.24) is 4.98 Å². The fourth-order valence-electron chi connectivity index (χ4n) is 0.696. The molecule has 0 unspecified atom stereocenters. The SMILES string of the molecule is CC(C)c1cc[nH]c1. The molecule has 0 saturated heterocycles. The highest BCUT2D eigenvalue weighted by atomic mass is 14.6. The lowest BCUT2D eigenvalue weighted by Crippen LogP contribution is -1.79. The molecule has 1 N–H and O–H groups in total. The Morgan fingerprint density at radius 1 is 1.50 bits per heavy atom. The monoisotopic (exact) mass is 109 g/mol. The molecule has 0 radical (unpaired) electrons. The lowest BCUT2D eigenvalue weighted by atomic mass is 10.1. The average molecular weight is 109 g/mol. The summed E-state index contributed by atoms with van der Waals surface area (Å²) in [4.78, 5) is 3.01. The number of hydrogen-bond acceptors (Lipinski definition) is 0. The van der Waals surface area contributed by atoms with E-state index in [0.717, 1.165) is 0 Å². The largest absolute Gasteiger partial charge is 0.367 e. The highest BCUT2D eigenvalue weighted by Gasteiger charge is 1.94. The van der Waals surface area contributed by atoms with Crippen LogP contribution < -0.4 is 0 Å². The molecule has 1 aromatic rings. The number of nitrogens with one attached hydrogen (secondary N) is 1. The van der Waals surface area contributed by atoms with Gasteiger partial charge in [0.1, 0.15) is 0 Å². The molecule has 0 saturated carbocycles. The molecular formula is C7H11N. The number of rotatable bonds is 1. The smallest absolute Gasteiger partial charge is 0.00399 e. The second-order valence-corrected chi connectivity index (χ2v) is 2.30. The average Bonchev–Trinajstić information content (AvgIpc) is 2.12. The summed E-state index contributed by atoms with van der Waals surface area (Å²) in [6.07, 6.45) is 3.99. The molecule has 1 nitrogen and oxygen atoms in total. The molecule has 0 fully saturated rings. The van der Waals surface area contributed by atoms with Gasteiger partial charge in [0.25, 0.3) is 0 Å². The van der Waals surface area contributed by atoms with Gasteiger partial charge in [0.05, 0.1) is 0 Å². The van der Waals surface area contributed by atoms with Gasteiger partial charge in [0.2, 0.25) is 0 Å². The normalized spacial score (nSPS) is 10.4. The third-order valence-corrected chi connectivity index (χ3v) is 1.29. The van der Waals surface area contributed by atoms with Crippen LogP contribution in [0.1, 0.15) is 25.3 Å². The Bertz CT molecular complexity index is 139. The van der Waals surface area contributed by atoms with Gasteiger partial charge in [-0.15, -0.1) is 0 Å². The van der Waals surface area contributed by atoms with Crippen molar-refractivity contribution in [2.24, 2.45) is 0 Å². The highest BCUT2D eigenvalue weighted by molar-refractivity contribution is 5.12. The van der Waals surface area contributed by atoms with Crippen LogP contribution in [0.25, 0.3) is 0 Å². The predicted molar refractivity (Wildman–Crippen MR) is 34.9 cm³/mol. The minimum atomic E-state index is 0.654. The summed E-state index contributed by atoms with van der Waals surface area (Å²) in [5.74, 6) is 0.654. The van der Waals surface area contributed by atoms with E-state index in [2.05, 4.69) is 24.9 Å². The van der Waals surface area contributed by atoms with E-state index < -0.39 is 0 Å². The Balaban J connectivity index is 2.77. The maximum absolute atomic E-state index is 3.01. The molecule has 1 rings (SSSR count). The zero-order valence-electron chi connectivity index (χ0n) is 5.31. The van der Waals surface area contributed by atoms with Crippen LogP contribution in [-0.2, 0) is 0 Å². The first kappa shape index (κ1) is 5.42. The molecule has 0 atom stereocenters. The molecule has 0 amide bonds. The van der Waals surface area contributed by atoms with Crippen LogP contribution in [0.5, 0.6) is 0 Å². The summed E-state index contributed by atoms with van der Waals surface area (Å²) in [5.41, 5.74) is 1.38. The number of aromatic nitrogens is 1. The van der Waals surface area contributed by atoms with Crippen LogP contribution in [0, 0.1) is 0 Å². The van der Waals surface area contributed by atoms with E-state index >= 15 is 0 Å². The van der Waals surface area contributed by atoms with Gasteiger partial charge in [-0.05, 0) is 17.5 Å². The minimum absolute atomic E-state index is 0.654. The Morgan fingerprint density at radius 3 is 2.50 bits per heavy atom. The maximum atomic E-state index is 3.01. The van der Waals surface area contributed by atoms with Gasteiger partial charge >= 0.3 is 0 Å². The Kier molecular flexibility index (Phi) is 1.38. The second kappa shape index (κ2) is 2.03. The van der Waals surface area contributed by atoms with Gasteiger partial charge < -0.3 is 4.98 Å². The van der Waals surface area contributed by atoms with E-state index in [1.54, 1.807) is 0 Å². The van der Waals surface area contributed by atoms with Crippen molar-refractivity contribution in [2.45, 2.75) is 19.8 Å². The third-order valence-electron chi connectivity index (χ3n) is 1.29. The quantitative estimate of drug-likeness (QED) is 0.568. The fraction of sp³-hybridized carbons (Fsp3) is 0.429. The van der Waals surface area contributed by atoms with Gasteiger partial charge in [-0.3, -0.25) is 0 Å². The molecule has 0 aliphatic carbocycles. The topological polar surface area (TPSA) is 15.8 Å². The van der Waals surface area contributed by atoms with Gasteiger partial charge in [-0.25, -0.2) is 0 Å². The van der Waals surface area contributed by atoms with E-state index in [9.17, 15) is 0 Å². The van der Waals surface area contributed by atoms with E-state index in [4.69, 9.17) is 0 Å². The molecule has 0 aliphatic heterocycles. The molecule has 1 heteroatoms. The van der Waals surface area contributed by atoms with Crippen molar-refractivity contribution in [3.63, 3.8) is 0 Å². The lowest BCUT2D eigenvalue weighted by molar-refractivity contribution is 0.868. The summed E-state index contributed by atoms with van der Waals surface area (Å²) in [5, 5.41) is 0. The highest BCUT2D eigenvalue weighted by Crippen LogP contribution is 2.10. The van der Waals surface area contributed by atoms with Crippen molar-refractivity contribution in [3.8, 4) is 0 Å². The van der Waals surface area contributed by atoms with Crippen LogP contribution in [0.3, 0.4) is 0 Å². The Morgan fingerprint density at radius 2 is 2.25 bits per heavy atom. The van der Waals surface area contributed by atoms with E-state index in [-0.39, 0.29) is 0 Å². The lowest BCUT2D eigenvalue weighted by Gasteiger charge is -1.96. The zero-order chi connectivity index (χ0) is 5.98. The summed E-state index contributed by atoms with van der Waals surface area (Å²) in [6.45, 7) is 4.37. The summed E-state index contributed by atoms with van der Waals surface area (Å²) >= 11 is 0. The first-order valence-electron chi connectivity index (χ1n) is 2.93. The fourth-order valence-corrected chi connectivity index (χ4v) is 0.696. The van der Waals surface area contributed by atoms with Crippen LogP contribution in [-0.4, -0.2) is 4.98 Å². The summed E-state index contributed by atoms with van der Waals surface area (Å²) in [7, 11) is 0. The summed E-state index contributed by atoms with van der Waals surface area (Å²) in [6, 6.07) is 2.10. The van der Waals surface area contributed by atoms with Gasteiger partial charge in [-0.1, -0.05) is 13.8 Å². The molecule has 0 bridgehead atoms. The van der Waals surface area contributed by atoms with Crippen molar-refractivity contribution in [3.05, 3.63) is 24.0 Å².